The van der Waals surface area contributed by atoms with Gasteiger partial charge in [0, 0.05) is 32.7 Å². The standard InChI is InChI=1S/C17H17N9O2/c1-9-12(4-10(5-18-9)16(27)28)21-14-11-6-19-17(23-15(11)26(3)24-14)22-13-7-25(2)8-20-13/h4-8H,1-3H3,(H,21,24)(H,27,28)(H,19,22,23). The number of nitrogens with one attached hydrogen (secondary N) is 2. The minimum absolute atomic E-state index is 0.0893. The van der Waals surface area contributed by atoms with E-state index in [9.17, 15) is 9.90 Å². The van der Waals surface area contributed by atoms with E-state index in [1.165, 1.54) is 12.3 Å². The fourth-order valence-corrected chi connectivity index (χ4v) is 2.69. The van der Waals surface area contributed by atoms with Crippen molar-refractivity contribution in [2.45, 2.75) is 6.92 Å². The zero-order valence-corrected chi connectivity index (χ0v) is 15.4. The van der Waals surface area contributed by atoms with Gasteiger partial charge in [-0.3, -0.25) is 4.98 Å². The summed E-state index contributed by atoms with van der Waals surface area (Å²) in [6.45, 7) is 1.78. The lowest BCUT2D eigenvalue weighted by Gasteiger charge is -2.07. The number of rotatable bonds is 5. The number of hydrogen-bond donors (Lipinski definition) is 3. The topological polar surface area (TPSA) is 136 Å². The molecule has 0 saturated heterocycles. The van der Waals surface area contributed by atoms with Crippen molar-refractivity contribution >= 4 is 40.3 Å². The van der Waals surface area contributed by atoms with Gasteiger partial charge >= 0.3 is 5.97 Å². The fourth-order valence-electron chi connectivity index (χ4n) is 2.69. The Bertz CT molecular complexity index is 1190. The van der Waals surface area contributed by atoms with Gasteiger partial charge in [0.05, 0.1) is 28.7 Å². The predicted molar refractivity (Wildman–Crippen MR) is 102 cm³/mol. The molecule has 0 aliphatic heterocycles. The van der Waals surface area contributed by atoms with Crippen molar-refractivity contribution in [1.82, 2.24) is 34.3 Å². The number of aromatic nitrogens is 7. The molecular formula is C17H17N9O2. The number of fused-ring (bicyclic) bond motifs is 1. The van der Waals surface area contributed by atoms with Gasteiger partial charge in [-0.25, -0.2) is 19.4 Å². The summed E-state index contributed by atoms with van der Waals surface area (Å²) >= 11 is 0. The van der Waals surface area contributed by atoms with Gasteiger partial charge in [-0.15, -0.1) is 0 Å². The van der Waals surface area contributed by atoms with Crippen LogP contribution in [0.3, 0.4) is 0 Å². The van der Waals surface area contributed by atoms with Crippen LogP contribution in [0.25, 0.3) is 11.0 Å². The molecule has 4 heterocycles. The van der Waals surface area contributed by atoms with Crippen molar-refractivity contribution in [2.24, 2.45) is 14.1 Å². The van der Waals surface area contributed by atoms with Gasteiger partial charge in [0.2, 0.25) is 5.95 Å². The Balaban J connectivity index is 1.67. The van der Waals surface area contributed by atoms with Crippen LogP contribution in [0.15, 0.2) is 31.0 Å². The number of nitrogens with zero attached hydrogens (tertiary/aromatic N) is 7. The number of anilines is 4. The van der Waals surface area contributed by atoms with Crippen molar-refractivity contribution in [3.63, 3.8) is 0 Å². The molecule has 0 bridgehead atoms. The van der Waals surface area contributed by atoms with E-state index in [4.69, 9.17) is 0 Å². The third-order valence-electron chi connectivity index (χ3n) is 4.11. The van der Waals surface area contributed by atoms with Crippen LogP contribution in [-0.4, -0.2) is 45.4 Å². The van der Waals surface area contributed by atoms with E-state index in [1.54, 1.807) is 31.2 Å². The maximum Gasteiger partial charge on any atom is 0.337 e. The zero-order chi connectivity index (χ0) is 19.8. The molecule has 0 radical (unpaired) electrons. The molecule has 0 aromatic carbocycles. The van der Waals surface area contributed by atoms with Crippen LogP contribution in [0, 0.1) is 6.92 Å². The lowest BCUT2D eigenvalue weighted by atomic mass is 10.2. The van der Waals surface area contributed by atoms with Crippen molar-refractivity contribution in [3.05, 3.63) is 42.2 Å². The molecule has 142 valence electrons. The summed E-state index contributed by atoms with van der Waals surface area (Å²) in [5.41, 5.74) is 1.90. The maximum absolute atomic E-state index is 11.2. The Morgan fingerprint density at radius 1 is 1.14 bits per heavy atom. The summed E-state index contributed by atoms with van der Waals surface area (Å²) in [5.74, 6) is 0.491. The molecular weight excluding hydrogens is 362 g/mol. The summed E-state index contributed by atoms with van der Waals surface area (Å²) in [7, 11) is 3.64. The van der Waals surface area contributed by atoms with E-state index >= 15 is 0 Å². The number of aromatic carboxylic acids is 1. The molecule has 0 amide bonds. The fraction of sp³-hybridized carbons (Fsp3) is 0.176. The number of imidazole rings is 1. The molecule has 4 rings (SSSR count). The van der Waals surface area contributed by atoms with Crippen LogP contribution in [0.5, 0.6) is 0 Å². The summed E-state index contributed by atoms with van der Waals surface area (Å²) in [6.07, 6.45) is 6.45. The minimum Gasteiger partial charge on any atom is -0.478 e. The lowest BCUT2D eigenvalue weighted by molar-refractivity contribution is 0.0696. The van der Waals surface area contributed by atoms with Crippen LogP contribution >= 0.6 is 0 Å². The second kappa shape index (κ2) is 6.61. The Kier molecular flexibility index (Phi) is 4.11. The van der Waals surface area contributed by atoms with Crippen molar-refractivity contribution < 1.29 is 9.90 Å². The summed E-state index contributed by atoms with van der Waals surface area (Å²) in [4.78, 5) is 28.3. The highest BCUT2D eigenvalue weighted by Crippen LogP contribution is 2.26. The van der Waals surface area contributed by atoms with Gasteiger partial charge in [-0.05, 0) is 13.0 Å². The number of hydrogen-bond acceptors (Lipinski definition) is 8. The highest BCUT2D eigenvalue weighted by Gasteiger charge is 2.15. The SMILES string of the molecule is Cc1ncc(C(=O)O)cc1Nc1nn(C)c2nc(Nc3cn(C)cn3)ncc12. The van der Waals surface area contributed by atoms with Crippen LogP contribution in [0.2, 0.25) is 0 Å². The molecule has 11 heteroatoms. The minimum atomic E-state index is -1.05. The first kappa shape index (κ1) is 17.4. The van der Waals surface area contributed by atoms with Gasteiger partial charge in [-0.2, -0.15) is 10.1 Å². The quantitative estimate of drug-likeness (QED) is 0.475. The third kappa shape index (κ3) is 3.20. The first-order valence-electron chi connectivity index (χ1n) is 8.32. The van der Waals surface area contributed by atoms with Gasteiger partial charge in [0.15, 0.2) is 17.3 Å². The Labute approximate surface area is 159 Å². The van der Waals surface area contributed by atoms with Crippen LogP contribution in [0.4, 0.5) is 23.3 Å². The molecule has 0 aliphatic rings. The van der Waals surface area contributed by atoms with Gasteiger partial charge < -0.3 is 20.3 Å². The highest BCUT2D eigenvalue weighted by atomic mass is 16.4. The van der Waals surface area contributed by atoms with Crippen molar-refractivity contribution in [2.75, 3.05) is 10.6 Å². The first-order chi connectivity index (χ1) is 13.4. The van der Waals surface area contributed by atoms with Gasteiger partial charge in [0.1, 0.15) is 0 Å². The number of carboxylic acids is 1. The summed E-state index contributed by atoms with van der Waals surface area (Å²) < 4.78 is 3.43. The monoisotopic (exact) mass is 379 g/mol. The molecule has 0 fully saturated rings. The molecule has 3 N–H and O–H groups in total. The largest absolute Gasteiger partial charge is 0.478 e. The van der Waals surface area contributed by atoms with E-state index in [2.05, 4.69) is 35.7 Å². The van der Waals surface area contributed by atoms with E-state index in [1.807, 2.05) is 17.8 Å². The smallest absolute Gasteiger partial charge is 0.337 e. The van der Waals surface area contributed by atoms with Crippen molar-refractivity contribution in [1.29, 1.82) is 0 Å². The Hall–Kier alpha value is -4.02. The Morgan fingerprint density at radius 3 is 2.68 bits per heavy atom. The Morgan fingerprint density at radius 2 is 1.96 bits per heavy atom. The van der Waals surface area contributed by atoms with E-state index in [-0.39, 0.29) is 5.56 Å². The highest BCUT2D eigenvalue weighted by molar-refractivity contribution is 5.92. The summed E-state index contributed by atoms with van der Waals surface area (Å²) in [6, 6.07) is 1.52. The van der Waals surface area contributed by atoms with Crippen LogP contribution in [-0.2, 0) is 14.1 Å². The average Bonchev–Trinajstić information content (AvgIpc) is 3.20. The van der Waals surface area contributed by atoms with Crippen LogP contribution in [0.1, 0.15) is 16.1 Å². The van der Waals surface area contributed by atoms with Crippen molar-refractivity contribution in [3.8, 4) is 0 Å². The predicted octanol–water partition coefficient (Wildman–Crippen LogP) is 1.99. The van der Waals surface area contributed by atoms with E-state index in [0.717, 1.165) is 0 Å². The number of aryl methyl sites for hydroxylation is 3. The second-order valence-electron chi connectivity index (χ2n) is 6.24. The summed E-state index contributed by atoms with van der Waals surface area (Å²) in [5, 5.41) is 20.5. The van der Waals surface area contributed by atoms with E-state index in [0.29, 0.717) is 40.0 Å². The molecule has 28 heavy (non-hydrogen) atoms. The number of pyridine rings is 1. The molecule has 0 unspecified atom stereocenters. The first-order valence-corrected chi connectivity index (χ1v) is 8.32. The van der Waals surface area contributed by atoms with Gasteiger partial charge in [0.25, 0.3) is 0 Å². The lowest BCUT2D eigenvalue weighted by Crippen LogP contribution is -2.02. The molecule has 11 nitrogen and oxygen atoms in total. The van der Waals surface area contributed by atoms with Crippen LogP contribution < -0.4 is 10.6 Å². The molecule has 4 aromatic heterocycles. The second-order valence-corrected chi connectivity index (χ2v) is 6.24. The average molecular weight is 379 g/mol. The van der Waals surface area contributed by atoms with Gasteiger partial charge in [-0.1, -0.05) is 0 Å². The molecule has 0 saturated carbocycles. The normalized spacial score (nSPS) is 11.0. The zero-order valence-electron chi connectivity index (χ0n) is 15.4. The number of carbonyl (C=O) groups is 1. The number of carboxylic acid groups (broad SMARTS) is 1. The molecule has 4 aromatic rings. The van der Waals surface area contributed by atoms with E-state index < -0.39 is 5.97 Å². The maximum atomic E-state index is 11.2. The molecule has 0 atom stereocenters. The molecule has 0 spiro atoms. The molecule has 0 aliphatic carbocycles. The third-order valence-corrected chi connectivity index (χ3v) is 4.11.